The third kappa shape index (κ3) is 3.27. The molecule has 1 aromatic heterocycles. The van der Waals surface area contributed by atoms with Crippen molar-refractivity contribution in [3.8, 4) is 0 Å². The van der Waals surface area contributed by atoms with Gasteiger partial charge in [-0.05, 0) is 18.6 Å². The molecular weight excluding hydrogens is 286 g/mol. The molecule has 0 aliphatic carbocycles. The van der Waals surface area contributed by atoms with E-state index in [-0.39, 0.29) is 10.7 Å². The Bertz CT molecular complexity index is 617. The Balaban J connectivity index is 2.08. The molecule has 0 saturated carbocycles. The van der Waals surface area contributed by atoms with Crippen LogP contribution in [-0.4, -0.2) is 22.6 Å². The van der Waals surface area contributed by atoms with E-state index in [1.54, 1.807) is 0 Å². The monoisotopic (exact) mass is 298 g/mol. The molecule has 1 aromatic carbocycles. The van der Waals surface area contributed by atoms with Gasteiger partial charge in [-0.2, -0.15) is 0 Å². The molecule has 0 saturated heterocycles. The van der Waals surface area contributed by atoms with E-state index in [0.717, 1.165) is 30.4 Å². The fourth-order valence-corrected chi connectivity index (χ4v) is 2.06. The van der Waals surface area contributed by atoms with Crippen LogP contribution in [0.15, 0.2) is 18.2 Å². The number of hydrogen-bond donors (Lipinski definition) is 2. The summed E-state index contributed by atoms with van der Waals surface area (Å²) in [5.41, 5.74) is -0.228. The fraction of sp³-hybridized carbons (Fsp3) is 0.250. The quantitative estimate of drug-likeness (QED) is 0.890. The van der Waals surface area contributed by atoms with E-state index in [1.807, 2.05) is 6.92 Å². The molecule has 0 unspecified atom stereocenters. The normalized spacial score (nSPS) is 10.3. The zero-order chi connectivity index (χ0) is 14.5. The van der Waals surface area contributed by atoms with Gasteiger partial charge >= 0.3 is 0 Å². The number of rotatable bonds is 5. The molecular formula is C12H12F2N4OS. The number of aromatic nitrogens is 2. The van der Waals surface area contributed by atoms with Gasteiger partial charge in [0.25, 0.3) is 5.91 Å². The van der Waals surface area contributed by atoms with Gasteiger partial charge in [-0.3, -0.25) is 4.79 Å². The fourth-order valence-electron chi connectivity index (χ4n) is 1.39. The summed E-state index contributed by atoms with van der Waals surface area (Å²) in [4.78, 5) is 11.8. The molecule has 1 amide bonds. The van der Waals surface area contributed by atoms with Gasteiger partial charge in [-0.15, -0.1) is 10.2 Å². The largest absolute Gasteiger partial charge is 0.360 e. The molecule has 0 radical (unpaired) electrons. The molecule has 2 N–H and O–H groups in total. The number of halogens is 2. The van der Waals surface area contributed by atoms with Crippen LogP contribution in [0.1, 0.15) is 23.1 Å². The van der Waals surface area contributed by atoms with Crippen molar-refractivity contribution < 1.29 is 13.6 Å². The van der Waals surface area contributed by atoms with Crippen molar-refractivity contribution in [2.45, 2.75) is 13.3 Å². The average molecular weight is 298 g/mol. The van der Waals surface area contributed by atoms with Crippen LogP contribution in [0.3, 0.4) is 0 Å². The minimum absolute atomic E-state index is 0.0762. The van der Waals surface area contributed by atoms with Crippen LogP contribution in [0.4, 0.5) is 19.6 Å². The van der Waals surface area contributed by atoms with Crippen molar-refractivity contribution >= 4 is 28.1 Å². The molecule has 0 fully saturated rings. The van der Waals surface area contributed by atoms with Gasteiger partial charge in [-0.1, -0.05) is 24.3 Å². The third-order valence-corrected chi connectivity index (χ3v) is 3.22. The molecule has 0 atom stereocenters. The van der Waals surface area contributed by atoms with E-state index in [2.05, 4.69) is 20.8 Å². The topological polar surface area (TPSA) is 66.9 Å². The van der Waals surface area contributed by atoms with Crippen molar-refractivity contribution in [3.63, 3.8) is 0 Å². The molecule has 106 valence electrons. The van der Waals surface area contributed by atoms with Crippen molar-refractivity contribution in [1.29, 1.82) is 0 Å². The highest BCUT2D eigenvalue weighted by molar-refractivity contribution is 7.17. The number of amides is 1. The third-order valence-electron chi connectivity index (χ3n) is 2.35. The van der Waals surface area contributed by atoms with Gasteiger partial charge in [0.1, 0.15) is 0 Å². The maximum atomic E-state index is 13.4. The molecule has 0 aliphatic rings. The van der Waals surface area contributed by atoms with Gasteiger partial charge in [0.2, 0.25) is 10.1 Å². The molecule has 5 nitrogen and oxygen atoms in total. The Labute approximate surface area is 118 Å². The number of anilines is 2. The standard InChI is InChI=1S/C12H12F2N4OS/c1-2-6-15-12-18-17-11(20-12)10(19)16-8-5-3-4-7(13)9(8)14/h3-5H,2,6H2,1H3,(H,15,18)(H,16,19). The Morgan fingerprint density at radius 2 is 2.15 bits per heavy atom. The van der Waals surface area contributed by atoms with E-state index < -0.39 is 17.5 Å². The lowest BCUT2D eigenvalue weighted by atomic mass is 10.3. The first-order valence-corrected chi connectivity index (χ1v) is 6.76. The summed E-state index contributed by atoms with van der Waals surface area (Å²) in [6.07, 6.45) is 0.912. The van der Waals surface area contributed by atoms with Crippen LogP contribution < -0.4 is 10.6 Å². The molecule has 1 heterocycles. The highest BCUT2D eigenvalue weighted by atomic mass is 32.1. The summed E-state index contributed by atoms with van der Waals surface area (Å²) in [6, 6.07) is 3.55. The van der Waals surface area contributed by atoms with Crippen LogP contribution >= 0.6 is 11.3 Å². The molecule has 0 aliphatic heterocycles. The summed E-state index contributed by atoms with van der Waals surface area (Å²) < 4.78 is 26.4. The maximum Gasteiger partial charge on any atom is 0.286 e. The number of benzene rings is 1. The zero-order valence-electron chi connectivity index (χ0n) is 10.6. The summed E-state index contributed by atoms with van der Waals surface area (Å²) in [7, 11) is 0. The van der Waals surface area contributed by atoms with Crippen LogP contribution in [0.5, 0.6) is 0 Å². The molecule has 20 heavy (non-hydrogen) atoms. The Morgan fingerprint density at radius 1 is 1.35 bits per heavy atom. The smallest absolute Gasteiger partial charge is 0.286 e. The van der Waals surface area contributed by atoms with E-state index in [0.29, 0.717) is 5.13 Å². The lowest BCUT2D eigenvalue weighted by molar-refractivity contribution is 0.102. The van der Waals surface area contributed by atoms with Crippen LogP contribution in [0.25, 0.3) is 0 Å². The first kappa shape index (κ1) is 14.3. The summed E-state index contributed by atoms with van der Waals surface area (Å²) >= 11 is 1.05. The van der Waals surface area contributed by atoms with Crippen LogP contribution in [-0.2, 0) is 0 Å². The van der Waals surface area contributed by atoms with E-state index in [9.17, 15) is 13.6 Å². The minimum Gasteiger partial charge on any atom is -0.360 e. The van der Waals surface area contributed by atoms with E-state index in [1.165, 1.54) is 12.1 Å². The minimum atomic E-state index is -1.10. The van der Waals surface area contributed by atoms with Crippen molar-refractivity contribution in [2.24, 2.45) is 0 Å². The van der Waals surface area contributed by atoms with E-state index in [4.69, 9.17) is 0 Å². The predicted octanol–water partition coefficient (Wildman–Crippen LogP) is 2.89. The van der Waals surface area contributed by atoms with Gasteiger partial charge in [0.15, 0.2) is 11.6 Å². The Morgan fingerprint density at radius 3 is 2.90 bits per heavy atom. The maximum absolute atomic E-state index is 13.4. The van der Waals surface area contributed by atoms with Crippen molar-refractivity contribution in [2.75, 3.05) is 17.2 Å². The second-order valence-corrected chi connectivity index (χ2v) is 4.87. The second kappa shape index (κ2) is 6.38. The number of nitrogens with one attached hydrogen (secondary N) is 2. The first-order valence-electron chi connectivity index (χ1n) is 5.94. The van der Waals surface area contributed by atoms with Gasteiger partial charge in [0.05, 0.1) is 5.69 Å². The highest BCUT2D eigenvalue weighted by Gasteiger charge is 2.16. The number of nitrogens with zero attached hydrogens (tertiary/aromatic N) is 2. The van der Waals surface area contributed by atoms with Crippen LogP contribution in [0, 0.1) is 11.6 Å². The molecule has 2 aromatic rings. The molecule has 0 bridgehead atoms. The first-order chi connectivity index (χ1) is 9.61. The molecule has 0 spiro atoms. The number of carbonyl (C=O) groups excluding carboxylic acids is 1. The van der Waals surface area contributed by atoms with Crippen molar-refractivity contribution in [1.82, 2.24) is 10.2 Å². The Kier molecular flexibility index (Phi) is 4.57. The SMILES string of the molecule is CCCNc1nnc(C(=O)Nc2cccc(F)c2F)s1. The highest BCUT2D eigenvalue weighted by Crippen LogP contribution is 2.20. The zero-order valence-corrected chi connectivity index (χ0v) is 11.4. The lowest BCUT2D eigenvalue weighted by Crippen LogP contribution is -2.13. The summed E-state index contributed by atoms with van der Waals surface area (Å²) in [5.74, 6) is -2.75. The van der Waals surface area contributed by atoms with E-state index >= 15 is 0 Å². The number of hydrogen-bond acceptors (Lipinski definition) is 5. The predicted molar refractivity (Wildman–Crippen MR) is 73.0 cm³/mol. The van der Waals surface area contributed by atoms with Gasteiger partial charge < -0.3 is 10.6 Å². The number of carbonyl (C=O) groups is 1. The lowest BCUT2D eigenvalue weighted by Gasteiger charge is -2.04. The second-order valence-electron chi connectivity index (χ2n) is 3.89. The average Bonchev–Trinajstić information content (AvgIpc) is 2.90. The summed E-state index contributed by atoms with van der Waals surface area (Å²) in [6.45, 7) is 2.71. The Hall–Kier alpha value is -2.09. The van der Waals surface area contributed by atoms with Crippen molar-refractivity contribution in [3.05, 3.63) is 34.8 Å². The van der Waals surface area contributed by atoms with Gasteiger partial charge in [-0.25, -0.2) is 8.78 Å². The van der Waals surface area contributed by atoms with Gasteiger partial charge in [0, 0.05) is 6.54 Å². The summed E-state index contributed by atoms with van der Waals surface area (Å²) in [5, 5.41) is 13.3. The molecule has 2 rings (SSSR count). The molecule has 8 heteroatoms. The van der Waals surface area contributed by atoms with Crippen LogP contribution in [0.2, 0.25) is 0 Å².